The van der Waals surface area contributed by atoms with Crippen LogP contribution in [0.5, 0.6) is 5.75 Å². The van der Waals surface area contributed by atoms with Gasteiger partial charge in [0.2, 0.25) is 5.91 Å². The van der Waals surface area contributed by atoms with Gasteiger partial charge in [-0.25, -0.2) is 4.68 Å². The van der Waals surface area contributed by atoms with Crippen molar-refractivity contribution in [2.75, 3.05) is 19.0 Å². The van der Waals surface area contributed by atoms with Crippen LogP contribution in [-0.4, -0.2) is 34.6 Å². The molecule has 3 N–H and O–H groups in total. The fourth-order valence-corrected chi connectivity index (χ4v) is 1.69. The van der Waals surface area contributed by atoms with E-state index in [4.69, 9.17) is 10.5 Å². The lowest BCUT2D eigenvalue weighted by atomic mass is 10.2. The Hall–Kier alpha value is -2.85. The first-order valence-electron chi connectivity index (χ1n) is 6.24. The van der Waals surface area contributed by atoms with Crippen LogP contribution < -0.4 is 15.8 Å². The van der Waals surface area contributed by atoms with Crippen LogP contribution in [0, 0.1) is 11.8 Å². The second kappa shape index (κ2) is 7.07. The molecule has 0 bridgehead atoms. The van der Waals surface area contributed by atoms with Crippen molar-refractivity contribution in [3.05, 3.63) is 36.2 Å². The van der Waals surface area contributed by atoms with Gasteiger partial charge in [-0.05, 0) is 18.2 Å². The Labute approximate surface area is 122 Å². The summed E-state index contributed by atoms with van der Waals surface area (Å²) in [6.07, 6.45) is 3.12. The van der Waals surface area contributed by atoms with Crippen molar-refractivity contribution in [3.8, 4) is 17.6 Å². The van der Waals surface area contributed by atoms with Crippen LogP contribution in [0.15, 0.2) is 30.6 Å². The minimum Gasteiger partial charge on any atom is -0.495 e. The summed E-state index contributed by atoms with van der Waals surface area (Å²) in [5.41, 5.74) is 6.64. The third-order valence-electron chi connectivity index (χ3n) is 2.59. The molecule has 0 atom stereocenters. The van der Waals surface area contributed by atoms with Gasteiger partial charge >= 0.3 is 0 Å². The Morgan fingerprint density at radius 3 is 3.05 bits per heavy atom. The van der Waals surface area contributed by atoms with Gasteiger partial charge in [0.15, 0.2) is 0 Å². The zero-order valence-corrected chi connectivity index (χ0v) is 11.5. The molecular weight excluding hydrogens is 270 g/mol. The van der Waals surface area contributed by atoms with Gasteiger partial charge in [-0.2, -0.15) is 0 Å². The molecule has 0 saturated carbocycles. The van der Waals surface area contributed by atoms with Crippen molar-refractivity contribution in [1.82, 2.24) is 15.0 Å². The molecule has 0 aliphatic rings. The van der Waals surface area contributed by atoms with Crippen molar-refractivity contribution in [3.63, 3.8) is 0 Å². The summed E-state index contributed by atoms with van der Waals surface area (Å²) in [5, 5.41) is 10.1. The first-order valence-corrected chi connectivity index (χ1v) is 6.24. The summed E-state index contributed by atoms with van der Waals surface area (Å²) in [5.74, 6) is 5.99. The summed E-state index contributed by atoms with van der Waals surface area (Å²) in [7, 11) is 1.54. The first kappa shape index (κ1) is 14.6. The summed E-state index contributed by atoms with van der Waals surface area (Å²) >= 11 is 0. The zero-order valence-electron chi connectivity index (χ0n) is 11.5. The predicted molar refractivity (Wildman–Crippen MR) is 77.6 cm³/mol. The number of ether oxygens (including phenoxy) is 1. The van der Waals surface area contributed by atoms with Crippen molar-refractivity contribution in [1.29, 1.82) is 0 Å². The minimum atomic E-state index is -0.234. The number of aromatic nitrogens is 3. The molecule has 0 saturated heterocycles. The van der Waals surface area contributed by atoms with Gasteiger partial charge in [-0.1, -0.05) is 17.1 Å². The van der Waals surface area contributed by atoms with E-state index >= 15 is 0 Å². The number of methoxy groups -OCH3 is 1. The van der Waals surface area contributed by atoms with Gasteiger partial charge in [0.25, 0.3) is 0 Å². The van der Waals surface area contributed by atoms with Crippen molar-refractivity contribution >= 4 is 11.6 Å². The molecule has 7 nitrogen and oxygen atoms in total. The number of carbonyl (C=O) groups is 1. The molecule has 0 spiro atoms. The van der Waals surface area contributed by atoms with E-state index < -0.39 is 0 Å². The van der Waals surface area contributed by atoms with Crippen LogP contribution in [0.1, 0.15) is 5.56 Å². The molecule has 1 amide bonds. The molecule has 2 rings (SSSR count). The van der Waals surface area contributed by atoms with Gasteiger partial charge in [0.1, 0.15) is 12.3 Å². The van der Waals surface area contributed by atoms with Gasteiger partial charge in [0, 0.05) is 11.8 Å². The lowest BCUT2D eigenvalue weighted by Gasteiger charge is -2.10. The van der Waals surface area contributed by atoms with Crippen LogP contribution in [0.25, 0.3) is 0 Å². The average Bonchev–Trinajstić information content (AvgIpc) is 2.98. The second-order valence-corrected chi connectivity index (χ2v) is 4.07. The van der Waals surface area contributed by atoms with E-state index in [2.05, 4.69) is 27.5 Å². The van der Waals surface area contributed by atoms with Gasteiger partial charge < -0.3 is 15.8 Å². The third-order valence-corrected chi connectivity index (χ3v) is 2.59. The van der Waals surface area contributed by atoms with E-state index in [1.807, 2.05) is 0 Å². The summed E-state index contributed by atoms with van der Waals surface area (Å²) < 4.78 is 6.65. The Morgan fingerprint density at radius 1 is 1.52 bits per heavy atom. The van der Waals surface area contributed by atoms with E-state index in [-0.39, 0.29) is 19.0 Å². The molecule has 0 aliphatic heterocycles. The molecule has 0 fully saturated rings. The highest BCUT2D eigenvalue weighted by Crippen LogP contribution is 2.25. The van der Waals surface area contributed by atoms with Crippen LogP contribution >= 0.6 is 0 Å². The van der Waals surface area contributed by atoms with E-state index in [0.717, 1.165) is 5.56 Å². The zero-order chi connectivity index (χ0) is 15.1. The van der Waals surface area contributed by atoms with Gasteiger partial charge in [-0.3, -0.25) is 4.79 Å². The molecule has 1 aromatic carbocycles. The van der Waals surface area contributed by atoms with Crippen molar-refractivity contribution < 1.29 is 9.53 Å². The molecule has 0 radical (unpaired) electrons. The smallest absolute Gasteiger partial charge is 0.246 e. The SMILES string of the molecule is COc1ccc(C#CCN)cc1NC(=O)Cn1ccnn1. The minimum absolute atomic E-state index is 0.0713. The number of nitrogens with one attached hydrogen (secondary N) is 1. The molecule has 1 aromatic heterocycles. The quantitative estimate of drug-likeness (QED) is 0.784. The number of hydrogen-bond donors (Lipinski definition) is 2. The van der Waals surface area contributed by atoms with E-state index in [0.29, 0.717) is 11.4 Å². The molecule has 7 heteroatoms. The number of anilines is 1. The first-order chi connectivity index (χ1) is 10.2. The van der Waals surface area contributed by atoms with Gasteiger partial charge in [-0.15, -0.1) is 5.10 Å². The highest BCUT2D eigenvalue weighted by molar-refractivity contribution is 5.92. The number of amides is 1. The van der Waals surface area contributed by atoms with Crippen molar-refractivity contribution in [2.24, 2.45) is 5.73 Å². The monoisotopic (exact) mass is 285 g/mol. The molecule has 0 unspecified atom stereocenters. The molecule has 1 heterocycles. The maximum atomic E-state index is 12.0. The Morgan fingerprint density at radius 2 is 2.38 bits per heavy atom. The predicted octanol–water partition coefficient (Wildman–Crippen LogP) is 0.236. The molecule has 0 aliphatic carbocycles. The third kappa shape index (κ3) is 4.06. The number of rotatable bonds is 4. The maximum Gasteiger partial charge on any atom is 0.246 e. The highest BCUT2D eigenvalue weighted by atomic mass is 16.5. The Kier molecular flexibility index (Phi) is 4.90. The summed E-state index contributed by atoms with van der Waals surface area (Å²) in [6, 6.07) is 5.28. The lowest BCUT2D eigenvalue weighted by molar-refractivity contribution is -0.116. The number of nitrogens with zero attached hydrogens (tertiary/aromatic N) is 3. The fourth-order valence-electron chi connectivity index (χ4n) is 1.69. The Balaban J connectivity index is 2.14. The summed E-state index contributed by atoms with van der Waals surface area (Å²) in [6.45, 7) is 0.349. The van der Waals surface area contributed by atoms with E-state index in [1.54, 1.807) is 24.4 Å². The van der Waals surface area contributed by atoms with E-state index in [9.17, 15) is 4.79 Å². The molecule has 21 heavy (non-hydrogen) atoms. The van der Waals surface area contributed by atoms with Crippen LogP contribution in [-0.2, 0) is 11.3 Å². The van der Waals surface area contributed by atoms with Crippen molar-refractivity contribution in [2.45, 2.75) is 6.54 Å². The highest BCUT2D eigenvalue weighted by Gasteiger charge is 2.09. The van der Waals surface area contributed by atoms with Crippen LogP contribution in [0.4, 0.5) is 5.69 Å². The molecule has 2 aromatic rings. The topological polar surface area (TPSA) is 95.1 Å². The number of hydrogen-bond acceptors (Lipinski definition) is 5. The maximum absolute atomic E-state index is 12.0. The number of nitrogens with two attached hydrogens (primary N) is 1. The Bertz CT molecular complexity index is 670. The standard InChI is InChI=1S/C14H15N5O2/c1-21-13-5-4-11(3-2-6-15)9-12(13)17-14(20)10-19-8-7-16-18-19/h4-5,7-9H,6,10,15H2,1H3,(H,17,20). The number of carbonyl (C=O) groups excluding carboxylic acids is 1. The van der Waals surface area contributed by atoms with Crippen LogP contribution in [0.2, 0.25) is 0 Å². The van der Waals surface area contributed by atoms with E-state index in [1.165, 1.54) is 18.0 Å². The van der Waals surface area contributed by atoms with Gasteiger partial charge in [0.05, 0.1) is 25.5 Å². The lowest BCUT2D eigenvalue weighted by Crippen LogP contribution is -2.19. The normalized spacial score (nSPS) is 9.62. The molecule has 108 valence electrons. The molecular formula is C14H15N5O2. The second-order valence-electron chi connectivity index (χ2n) is 4.07. The average molecular weight is 285 g/mol. The fraction of sp³-hybridized carbons (Fsp3) is 0.214. The largest absolute Gasteiger partial charge is 0.495 e. The number of benzene rings is 1. The van der Waals surface area contributed by atoms with Crippen LogP contribution in [0.3, 0.4) is 0 Å². The summed E-state index contributed by atoms with van der Waals surface area (Å²) in [4.78, 5) is 12.0.